The number of fused-ring (bicyclic) bond motifs is 2. The molecule has 5 heteroatoms. The number of aromatic amines is 1. The molecule has 3 aromatic rings. The summed E-state index contributed by atoms with van der Waals surface area (Å²) < 4.78 is 5.71. The molecule has 0 saturated carbocycles. The average molecular weight is 257 g/mol. The summed E-state index contributed by atoms with van der Waals surface area (Å²) >= 11 is 5.01. The molecule has 0 aliphatic carbocycles. The smallest absolute Gasteiger partial charge is 0.198 e. The molecule has 2 heterocycles. The van der Waals surface area contributed by atoms with Gasteiger partial charge in [-0.1, -0.05) is 0 Å². The van der Waals surface area contributed by atoms with Crippen molar-refractivity contribution in [3.8, 4) is 5.75 Å². The van der Waals surface area contributed by atoms with Crippen molar-refractivity contribution in [2.75, 3.05) is 7.11 Å². The summed E-state index contributed by atoms with van der Waals surface area (Å²) in [6.45, 7) is 2.01. The Morgan fingerprint density at radius 3 is 2.83 bits per heavy atom. The van der Waals surface area contributed by atoms with E-state index in [9.17, 15) is 0 Å². The molecule has 0 radical (unpaired) electrons. The number of H-pyrrole nitrogens is 1. The average Bonchev–Trinajstić information content (AvgIpc) is 2.37. The molecule has 4 nitrogen and oxygen atoms in total. The highest BCUT2D eigenvalue weighted by molar-refractivity contribution is 7.71. The molecule has 0 unspecified atom stereocenters. The second kappa shape index (κ2) is 4.03. The van der Waals surface area contributed by atoms with Crippen LogP contribution >= 0.6 is 12.2 Å². The molecule has 0 atom stereocenters. The Morgan fingerprint density at radius 1 is 1.22 bits per heavy atom. The van der Waals surface area contributed by atoms with Crippen LogP contribution in [-0.4, -0.2) is 22.1 Å². The number of hydrogen-bond acceptors (Lipinski definition) is 4. The molecule has 0 fully saturated rings. The zero-order valence-electron chi connectivity index (χ0n) is 10.0. The number of methoxy groups -OCH3 is 1. The lowest BCUT2D eigenvalue weighted by Gasteiger charge is -2.07. The van der Waals surface area contributed by atoms with E-state index in [0.29, 0.717) is 4.77 Å². The lowest BCUT2D eigenvalue weighted by atomic mass is 10.1. The minimum absolute atomic E-state index is 0.445. The lowest BCUT2D eigenvalue weighted by molar-refractivity contribution is 0.415. The number of ether oxygens (including phenoxy) is 1. The molecular weight excluding hydrogens is 246 g/mol. The van der Waals surface area contributed by atoms with Crippen molar-refractivity contribution in [2.45, 2.75) is 6.92 Å². The van der Waals surface area contributed by atoms with E-state index in [0.717, 1.165) is 33.2 Å². The van der Waals surface area contributed by atoms with E-state index in [1.807, 2.05) is 25.1 Å². The molecule has 1 N–H and O–H groups in total. The fourth-order valence-corrected chi connectivity index (χ4v) is 2.18. The summed E-state index contributed by atoms with van der Waals surface area (Å²) in [5.74, 6) is 0.831. The van der Waals surface area contributed by atoms with Crippen molar-refractivity contribution in [1.82, 2.24) is 15.0 Å². The first-order chi connectivity index (χ1) is 8.67. The predicted octanol–water partition coefficient (Wildman–Crippen LogP) is 3.16. The number of aryl methyl sites for hydroxylation is 1. The van der Waals surface area contributed by atoms with Gasteiger partial charge in [-0.25, -0.2) is 9.97 Å². The summed E-state index contributed by atoms with van der Waals surface area (Å²) in [6.07, 6.45) is 1.73. The molecule has 0 spiro atoms. The van der Waals surface area contributed by atoms with Gasteiger partial charge in [0.15, 0.2) is 4.77 Å². The molecule has 1 aromatic carbocycles. The first-order valence-corrected chi connectivity index (χ1v) is 5.92. The molecule has 0 saturated heterocycles. The highest BCUT2D eigenvalue weighted by atomic mass is 32.1. The number of hydrogen-bond donors (Lipinski definition) is 1. The van der Waals surface area contributed by atoms with Crippen LogP contribution < -0.4 is 4.74 Å². The van der Waals surface area contributed by atoms with Gasteiger partial charge in [0.25, 0.3) is 0 Å². The maximum atomic E-state index is 5.27. The summed E-state index contributed by atoms with van der Waals surface area (Å²) in [7, 11) is 1.66. The van der Waals surface area contributed by atoms with Crippen LogP contribution in [0.15, 0.2) is 24.4 Å². The Hall–Kier alpha value is -2.01. The summed E-state index contributed by atoms with van der Waals surface area (Å²) in [6, 6.07) is 5.97. The fraction of sp³-hybridized carbons (Fsp3) is 0.154. The summed E-state index contributed by atoms with van der Waals surface area (Å²) in [5, 5.41) is 1.97. The normalized spacial score (nSPS) is 11.0. The van der Waals surface area contributed by atoms with Gasteiger partial charge in [0.2, 0.25) is 0 Å². The van der Waals surface area contributed by atoms with Gasteiger partial charge in [-0.05, 0) is 42.9 Å². The maximum absolute atomic E-state index is 5.27. The first kappa shape index (κ1) is 11.1. The monoisotopic (exact) mass is 257 g/mol. The Kier molecular flexibility index (Phi) is 2.48. The molecule has 0 aliphatic heterocycles. The second-order valence-electron chi connectivity index (χ2n) is 4.13. The van der Waals surface area contributed by atoms with Gasteiger partial charge in [0.05, 0.1) is 12.6 Å². The van der Waals surface area contributed by atoms with E-state index in [1.165, 1.54) is 0 Å². The van der Waals surface area contributed by atoms with Crippen LogP contribution in [0.2, 0.25) is 0 Å². The lowest BCUT2D eigenvalue weighted by Crippen LogP contribution is -1.92. The minimum Gasteiger partial charge on any atom is -0.497 e. The highest BCUT2D eigenvalue weighted by Gasteiger charge is 2.05. The number of aromatic nitrogens is 3. The van der Waals surface area contributed by atoms with E-state index in [-0.39, 0.29) is 0 Å². The molecule has 0 bridgehead atoms. The molecule has 0 aliphatic rings. The second-order valence-corrected chi connectivity index (χ2v) is 4.52. The van der Waals surface area contributed by atoms with Crippen molar-refractivity contribution in [3.05, 3.63) is 34.7 Å². The van der Waals surface area contributed by atoms with E-state index in [2.05, 4.69) is 15.0 Å². The van der Waals surface area contributed by atoms with Crippen molar-refractivity contribution in [3.63, 3.8) is 0 Å². The third-order valence-corrected chi connectivity index (χ3v) is 3.10. The summed E-state index contributed by atoms with van der Waals surface area (Å²) in [4.78, 5) is 11.7. The number of rotatable bonds is 1. The Labute approximate surface area is 109 Å². The molecule has 18 heavy (non-hydrogen) atoms. The van der Waals surface area contributed by atoms with Gasteiger partial charge in [-0.15, -0.1) is 0 Å². The highest BCUT2D eigenvalue weighted by Crippen LogP contribution is 2.25. The van der Waals surface area contributed by atoms with Gasteiger partial charge in [0.1, 0.15) is 11.4 Å². The Balaban J connectivity index is 2.44. The minimum atomic E-state index is 0.445. The van der Waals surface area contributed by atoms with Crippen LogP contribution in [0, 0.1) is 11.7 Å². The topological polar surface area (TPSA) is 50.8 Å². The fourth-order valence-electron chi connectivity index (χ4n) is 2.03. The van der Waals surface area contributed by atoms with Crippen molar-refractivity contribution >= 4 is 34.2 Å². The summed E-state index contributed by atoms with van der Waals surface area (Å²) in [5.41, 5.74) is 2.78. The third kappa shape index (κ3) is 1.73. The predicted molar refractivity (Wildman–Crippen MR) is 73.5 cm³/mol. The van der Waals surface area contributed by atoms with Crippen molar-refractivity contribution in [2.24, 2.45) is 0 Å². The van der Waals surface area contributed by atoms with Crippen molar-refractivity contribution < 1.29 is 4.74 Å². The van der Waals surface area contributed by atoms with E-state index < -0.39 is 0 Å². The first-order valence-electron chi connectivity index (χ1n) is 5.52. The zero-order chi connectivity index (χ0) is 12.7. The molecule has 90 valence electrons. The van der Waals surface area contributed by atoms with Gasteiger partial charge in [-0.2, -0.15) is 0 Å². The van der Waals surface area contributed by atoms with Crippen LogP contribution in [0.1, 0.15) is 5.56 Å². The quantitative estimate of drug-likeness (QED) is 0.537. The SMILES string of the molecule is COc1cc(C)c2nc3[nH]c(=S)ncc3cc2c1. The largest absolute Gasteiger partial charge is 0.497 e. The number of nitrogens with one attached hydrogen (secondary N) is 1. The molecule has 3 rings (SSSR count). The van der Waals surface area contributed by atoms with E-state index in [4.69, 9.17) is 17.0 Å². The maximum Gasteiger partial charge on any atom is 0.198 e. The number of benzene rings is 1. The zero-order valence-corrected chi connectivity index (χ0v) is 10.8. The number of nitrogens with zero attached hydrogens (tertiary/aromatic N) is 2. The molecule has 2 aromatic heterocycles. The van der Waals surface area contributed by atoms with Gasteiger partial charge in [-0.3, -0.25) is 0 Å². The third-order valence-electron chi connectivity index (χ3n) is 2.89. The van der Waals surface area contributed by atoms with E-state index in [1.54, 1.807) is 13.3 Å². The number of pyridine rings is 1. The van der Waals surface area contributed by atoms with Gasteiger partial charge >= 0.3 is 0 Å². The Bertz CT molecular complexity index is 810. The van der Waals surface area contributed by atoms with Crippen molar-refractivity contribution in [1.29, 1.82) is 0 Å². The van der Waals surface area contributed by atoms with Crippen LogP contribution in [0.3, 0.4) is 0 Å². The van der Waals surface area contributed by atoms with Gasteiger partial charge < -0.3 is 9.72 Å². The Morgan fingerprint density at radius 2 is 2.06 bits per heavy atom. The van der Waals surface area contributed by atoms with Crippen LogP contribution in [0.4, 0.5) is 0 Å². The molecular formula is C13H11N3OS. The van der Waals surface area contributed by atoms with E-state index >= 15 is 0 Å². The van der Waals surface area contributed by atoms with Crippen LogP contribution in [0.5, 0.6) is 5.75 Å². The van der Waals surface area contributed by atoms with Crippen LogP contribution in [0.25, 0.3) is 21.9 Å². The standard InChI is InChI=1S/C13H11N3OS/c1-7-3-10(17-2)5-8-4-9-6-14-13(18)16-12(9)15-11(7)8/h3-6H,1-2H3,(H,14,15,16,18). The van der Waals surface area contributed by atoms with Crippen LogP contribution in [-0.2, 0) is 0 Å². The van der Waals surface area contributed by atoms with Gasteiger partial charge in [0, 0.05) is 17.0 Å². The molecule has 0 amide bonds.